The van der Waals surface area contributed by atoms with Gasteiger partial charge in [0.25, 0.3) is 5.91 Å². The number of phenols is 1. The highest BCUT2D eigenvalue weighted by Crippen LogP contribution is 2.30. The fraction of sp³-hybridized carbons (Fsp3) is 0.211. The molecule has 1 aliphatic rings. The number of carbonyl (C=O) groups excluding carboxylic acids is 1. The Morgan fingerprint density at radius 1 is 1.28 bits per heavy atom. The maximum Gasteiger partial charge on any atom is 0.257 e. The Morgan fingerprint density at radius 3 is 2.60 bits per heavy atom. The van der Waals surface area contributed by atoms with Gasteiger partial charge in [0, 0.05) is 16.7 Å². The number of rotatable bonds is 3. The lowest BCUT2D eigenvalue weighted by atomic mass is 9.99. The second kappa shape index (κ2) is 7.66. The summed E-state index contributed by atoms with van der Waals surface area (Å²) in [6.45, 7) is 1.15. The van der Waals surface area contributed by atoms with E-state index in [1.807, 2.05) is 12.1 Å². The molecule has 0 aromatic heterocycles. The van der Waals surface area contributed by atoms with Gasteiger partial charge in [0.2, 0.25) is 0 Å². The molecule has 1 amide bonds. The number of hydrogen-bond acceptors (Lipinski definition) is 3. The number of amides is 1. The van der Waals surface area contributed by atoms with Gasteiger partial charge in [-0.05, 0) is 64.4 Å². The van der Waals surface area contributed by atoms with Gasteiger partial charge in [-0.15, -0.1) is 0 Å². The molecule has 6 heteroatoms. The van der Waals surface area contributed by atoms with Crippen LogP contribution in [0.4, 0.5) is 0 Å². The number of hydrogen-bond donors (Lipinski definition) is 1. The highest BCUT2D eigenvalue weighted by Gasteiger charge is 2.23. The van der Waals surface area contributed by atoms with Crippen LogP contribution in [0, 0.1) is 3.57 Å². The van der Waals surface area contributed by atoms with Crippen LogP contribution in [0.2, 0.25) is 5.02 Å². The topological polar surface area (TPSA) is 49.8 Å². The molecule has 0 saturated carbocycles. The summed E-state index contributed by atoms with van der Waals surface area (Å²) in [5.41, 5.74) is 2.73. The summed E-state index contributed by atoms with van der Waals surface area (Å²) in [7, 11) is 1.55. The van der Waals surface area contributed by atoms with E-state index in [0.29, 0.717) is 29.4 Å². The molecular formula is C19H17ClINO3. The van der Waals surface area contributed by atoms with E-state index < -0.39 is 0 Å². The van der Waals surface area contributed by atoms with Crippen LogP contribution in [-0.4, -0.2) is 36.1 Å². The number of benzene rings is 2. The van der Waals surface area contributed by atoms with Crippen LogP contribution < -0.4 is 4.74 Å². The van der Waals surface area contributed by atoms with Crippen molar-refractivity contribution in [2.45, 2.75) is 6.42 Å². The summed E-state index contributed by atoms with van der Waals surface area (Å²) in [5, 5.41) is 9.94. The van der Waals surface area contributed by atoms with E-state index in [9.17, 15) is 9.90 Å². The van der Waals surface area contributed by atoms with Gasteiger partial charge in [0.15, 0.2) is 0 Å². The molecular weight excluding hydrogens is 453 g/mol. The van der Waals surface area contributed by atoms with E-state index in [2.05, 4.69) is 28.7 Å². The maximum atomic E-state index is 12.9. The quantitative estimate of drug-likeness (QED) is 0.669. The van der Waals surface area contributed by atoms with Crippen molar-refractivity contribution in [3.8, 4) is 11.5 Å². The van der Waals surface area contributed by atoms with Gasteiger partial charge in [0.1, 0.15) is 11.5 Å². The van der Waals surface area contributed by atoms with Gasteiger partial charge in [0.05, 0.1) is 17.7 Å². The molecule has 0 radical (unpaired) electrons. The molecule has 25 heavy (non-hydrogen) atoms. The van der Waals surface area contributed by atoms with Crippen LogP contribution in [0.15, 0.2) is 42.5 Å². The lowest BCUT2D eigenvalue weighted by Gasteiger charge is -2.27. The molecule has 1 N–H and O–H groups in total. The second-order valence-corrected chi connectivity index (χ2v) is 7.31. The van der Waals surface area contributed by atoms with Gasteiger partial charge in [-0.3, -0.25) is 4.79 Å². The fourth-order valence-electron chi connectivity index (χ4n) is 2.83. The van der Waals surface area contributed by atoms with Crippen LogP contribution in [0.1, 0.15) is 22.3 Å². The van der Waals surface area contributed by atoms with Gasteiger partial charge in [-0.1, -0.05) is 29.8 Å². The molecule has 1 heterocycles. The molecule has 0 atom stereocenters. The van der Waals surface area contributed by atoms with Crippen molar-refractivity contribution in [1.82, 2.24) is 4.90 Å². The van der Waals surface area contributed by atoms with Crippen molar-refractivity contribution in [1.29, 1.82) is 0 Å². The molecule has 0 bridgehead atoms. The lowest BCUT2D eigenvalue weighted by Crippen LogP contribution is -2.34. The third-order valence-electron chi connectivity index (χ3n) is 4.21. The van der Waals surface area contributed by atoms with Crippen molar-refractivity contribution < 1.29 is 14.6 Å². The Hall–Kier alpha value is -1.73. The summed E-state index contributed by atoms with van der Waals surface area (Å²) >= 11 is 8.29. The predicted molar refractivity (Wildman–Crippen MR) is 107 cm³/mol. The minimum Gasteiger partial charge on any atom is -0.508 e. The van der Waals surface area contributed by atoms with E-state index in [4.69, 9.17) is 16.3 Å². The number of methoxy groups -OCH3 is 1. The van der Waals surface area contributed by atoms with Crippen molar-refractivity contribution in [2.24, 2.45) is 0 Å². The third-order valence-corrected chi connectivity index (χ3v) is 5.73. The highest BCUT2D eigenvalue weighted by molar-refractivity contribution is 14.1. The van der Waals surface area contributed by atoms with E-state index in [0.717, 1.165) is 15.6 Å². The normalized spacial score (nSPS) is 14.2. The first-order valence-electron chi connectivity index (χ1n) is 7.80. The summed E-state index contributed by atoms with van der Waals surface area (Å²) < 4.78 is 6.19. The monoisotopic (exact) mass is 469 g/mol. The molecule has 2 aromatic carbocycles. The van der Waals surface area contributed by atoms with Gasteiger partial charge < -0.3 is 14.7 Å². The van der Waals surface area contributed by atoms with Crippen molar-refractivity contribution >= 4 is 45.7 Å². The Labute approximate surface area is 165 Å². The minimum atomic E-state index is -0.0869. The zero-order valence-electron chi connectivity index (χ0n) is 13.6. The summed E-state index contributed by atoms with van der Waals surface area (Å²) in [6.07, 6.45) is 2.81. The number of phenolic OH excluding ortho intramolecular Hbond substituents is 1. The fourth-order valence-corrected chi connectivity index (χ4v) is 3.43. The zero-order chi connectivity index (χ0) is 18.0. The largest absolute Gasteiger partial charge is 0.508 e. The van der Waals surface area contributed by atoms with E-state index in [1.54, 1.807) is 36.3 Å². The van der Waals surface area contributed by atoms with Crippen LogP contribution in [0.25, 0.3) is 5.57 Å². The molecule has 0 saturated heterocycles. The molecule has 0 spiro atoms. The third kappa shape index (κ3) is 3.93. The summed E-state index contributed by atoms with van der Waals surface area (Å²) in [4.78, 5) is 14.6. The number of ether oxygens (including phenoxy) is 1. The first kappa shape index (κ1) is 18.1. The molecule has 130 valence electrons. The van der Waals surface area contributed by atoms with Crippen molar-refractivity contribution in [3.63, 3.8) is 0 Å². The highest BCUT2D eigenvalue weighted by atomic mass is 127. The number of aromatic hydroxyl groups is 1. The van der Waals surface area contributed by atoms with Crippen molar-refractivity contribution in [3.05, 3.63) is 62.2 Å². The first-order valence-corrected chi connectivity index (χ1v) is 9.26. The van der Waals surface area contributed by atoms with Crippen LogP contribution >= 0.6 is 34.2 Å². The molecule has 3 rings (SSSR count). The number of halogens is 2. The SMILES string of the molecule is COc1cc(I)c(Cl)cc1C(=O)N1CC=C(c2ccc(O)cc2)CC1. The van der Waals surface area contributed by atoms with Crippen molar-refractivity contribution in [2.75, 3.05) is 20.2 Å². The number of carbonyl (C=O) groups is 1. The second-order valence-electron chi connectivity index (χ2n) is 5.74. The van der Waals surface area contributed by atoms with E-state index >= 15 is 0 Å². The standard InChI is InChI=1S/C19H17ClINO3/c1-25-18-11-17(21)16(20)10-15(18)19(24)22-8-6-13(7-9-22)12-2-4-14(23)5-3-12/h2-6,10-11,23H,7-9H2,1H3. The molecule has 0 unspecified atom stereocenters. The summed E-state index contributed by atoms with van der Waals surface area (Å²) in [5.74, 6) is 0.697. The molecule has 1 aliphatic heterocycles. The molecule has 4 nitrogen and oxygen atoms in total. The zero-order valence-corrected chi connectivity index (χ0v) is 16.5. The summed E-state index contributed by atoms with van der Waals surface area (Å²) in [6, 6.07) is 10.6. The van der Waals surface area contributed by atoms with Crippen LogP contribution in [-0.2, 0) is 0 Å². The van der Waals surface area contributed by atoms with E-state index in [1.165, 1.54) is 5.57 Å². The minimum absolute atomic E-state index is 0.0869. The smallest absolute Gasteiger partial charge is 0.257 e. The molecule has 0 aliphatic carbocycles. The van der Waals surface area contributed by atoms with Gasteiger partial charge in [-0.2, -0.15) is 0 Å². The Kier molecular flexibility index (Phi) is 5.54. The Balaban J connectivity index is 1.79. The van der Waals surface area contributed by atoms with E-state index in [-0.39, 0.29) is 11.7 Å². The van der Waals surface area contributed by atoms with Crippen LogP contribution in [0.5, 0.6) is 11.5 Å². The van der Waals surface area contributed by atoms with Gasteiger partial charge >= 0.3 is 0 Å². The Morgan fingerprint density at radius 2 is 2.00 bits per heavy atom. The average molecular weight is 470 g/mol. The van der Waals surface area contributed by atoms with Gasteiger partial charge in [-0.25, -0.2) is 0 Å². The Bertz CT molecular complexity index is 833. The molecule has 2 aromatic rings. The van der Waals surface area contributed by atoms with Crippen LogP contribution in [0.3, 0.4) is 0 Å². The number of nitrogens with zero attached hydrogens (tertiary/aromatic N) is 1. The first-order chi connectivity index (χ1) is 12.0. The average Bonchev–Trinajstić information content (AvgIpc) is 2.64. The predicted octanol–water partition coefficient (Wildman–Crippen LogP) is 4.59. The lowest BCUT2D eigenvalue weighted by molar-refractivity contribution is 0.0769. The maximum absolute atomic E-state index is 12.9. The molecule has 0 fully saturated rings.